The minimum atomic E-state index is -0.454. The van der Waals surface area contributed by atoms with Crippen LogP contribution in [0.25, 0.3) is 11.0 Å². The van der Waals surface area contributed by atoms with Gasteiger partial charge in [-0.25, -0.2) is 4.79 Å². The Hall–Kier alpha value is -2.79. The van der Waals surface area contributed by atoms with E-state index in [0.29, 0.717) is 27.6 Å². The Balaban J connectivity index is 1.80. The quantitative estimate of drug-likeness (QED) is 0.727. The van der Waals surface area contributed by atoms with E-state index in [2.05, 4.69) is 5.32 Å². The lowest BCUT2D eigenvalue weighted by Gasteiger charge is -2.09. The van der Waals surface area contributed by atoms with E-state index in [1.165, 1.54) is 13.0 Å². The van der Waals surface area contributed by atoms with Gasteiger partial charge in [0.25, 0.3) is 0 Å². The number of nitrogens with one attached hydrogen (secondary N) is 1. The van der Waals surface area contributed by atoms with E-state index in [9.17, 15) is 9.59 Å². The molecule has 1 heterocycles. The Morgan fingerprint density at radius 1 is 1.17 bits per heavy atom. The summed E-state index contributed by atoms with van der Waals surface area (Å²) in [6.45, 7) is 1.66. The monoisotopic (exact) mass is 343 g/mol. The maximum absolute atomic E-state index is 11.7. The van der Waals surface area contributed by atoms with Crippen molar-refractivity contribution in [3.05, 3.63) is 69.5 Å². The van der Waals surface area contributed by atoms with Gasteiger partial charge in [-0.2, -0.15) is 0 Å². The number of anilines is 1. The zero-order chi connectivity index (χ0) is 17.1. The maximum atomic E-state index is 11.7. The number of amides is 1. The minimum Gasteiger partial charge on any atom is -0.489 e. The van der Waals surface area contributed by atoms with Crippen molar-refractivity contribution >= 4 is 34.2 Å². The van der Waals surface area contributed by atoms with Gasteiger partial charge >= 0.3 is 5.63 Å². The second kappa shape index (κ2) is 6.76. The first-order valence-electron chi connectivity index (χ1n) is 7.24. The highest BCUT2D eigenvalue weighted by Gasteiger charge is 2.07. The SMILES string of the molecule is CC(=O)Nc1ccc(OCc2cc(=O)oc3cc(Cl)ccc23)cc1. The largest absolute Gasteiger partial charge is 0.489 e. The summed E-state index contributed by atoms with van der Waals surface area (Å²) in [6.07, 6.45) is 0. The van der Waals surface area contributed by atoms with Gasteiger partial charge in [-0.05, 0) is 36.4 Å². The summed E-state index contributed by atoms with van der Waals surface area (Å²) in [7, 11) is 0. The van der Waals surface area contributed by atoms with Crippen LogP contribution < -0.4 is 15.7 Å². The number of halogens is 1. The first kappa shape index (κ1) is 16.1. The van der Waals surface area contributed by atoms with Gasteiger partial charge in [-0.3, -0.25) is 4.79 Å². The van der Waals surface area contributed by atoms with Gasteiger partial charge < -0.3 is 14.5 Å². The van der Waals surface area contributed by atoms with Crippen molar-refractivity contribution in [3.8, 4) is 5.75 Å². The number of hydrogen-bond acceptors (Lipinski definition) is 4. The highest BCUT2D eigenvalue weighted by molar-refractivity contribution is 6.31. The first-order chi connectivity index (χ1) is 11.5. The number of rotatable bonds is 4. The van der Waals surface area contributed by atoms with Gasteiger partial charge in [0.05, 0.1) is 0 Å². The molecule has 0 saturated carbocycles. The van der Waals surface area contributed by atoms with E-state index >= 15 is 0 Å². The van der Waals surface area contributed by atoms with Gasteiger partial charge in [0.1, 0.15) is 17.9 Å². The minimum absolute atomic E-state index is 0.134. The average molecular weight is 344 g/mol. The number of ether oxygens (including phenoxy) is 1. The summed E-state index contributed by atoms with van der Waals surface area (Å²) < 4.78 is 10.9. The molecule has 24 heavy (non-hydrogen) atoms. The molecule has 1 aromatic heterocycles. The van der Waals surface area contributed by atoms with Crippen molar-refractivity contribution in [2.45, 2.75) is 13.5 Å². The fourth-order valence-electron chi connectivity index (χ4n) is 2.32. The first-order valence-corrected chi connectivity index (χ1v) is 7.62. The molecule has 2 aromatic carbocycles. The average Bonchev–Trinajstić information content (AvgIpc) is 2.52. The van der Waals surface area contributed by atoms with Crippen LogP contribution in [0.3, 0.4) is 0 Å². The summed E-state index contributed by atoms with van der Waals surface area (Å²) in [5.74, 6) is 0.490. The lowest BCUT2D eigenvalue weighted by molar-refractivity contribution is -0.114. The summed E-state index contributed by atoms with van der Waals surface area (Å²) >= 11 is 5.92. The zero-order valence-corrected chi connectivity index (χ0v) is 13.6. The van der Waals surface area contributed by atoms with Crippen LogP contribution in [0, 0.1) is 0 Å². The summed E-state index contributed by atoms with van der Waals surface area (Å²) in [5.41, 5.74) is 1.37. The molecule has 0 unspecified atom stereocenters. The van der Waals surface area contributed by atoms with Crippen LogP contribution in [0.2, 0.25) is 5.02 Å². The maximum Gasteiger partial charge on any atom is 0.336 e. The molecule has 1 N–H and O–H groups in total. The molecule has 0 spiro atoms. The molecule has 0 aliphatic carbocycles. The van der Waals surface area contributed by atoms with E-state index in [1.54, 1.807) is 42.5 Å². The third-order valence-corrected chi connectivity index (χ3v) is 3.60. The van der Waals surface area contributed by atoms with Crippen LogP contribution in [0.15, 0.2) is 57.7 Å². The second-order valence-corrected chi connectivity index (χ2v) is 5.66. The van der Waals surface area contributed by atoms with E-state index in [0.717, 1.165) is 5.39 Å². The summed E-state index contributed by atoms with van der Waals surface area (Å²) in [6, 6.07) is 13.5. The van der Waals surface area contributed by atoms with Crippen LogP contribution >= 0.6 is 11.6 Å². The van der Waals surface area contributed by atoms with Gasteiger partial charge in [0.15, 0.2) is 0 Å². The Kier molecular flexibility index (Phi) is 4.53. The molecular weight excluding hydrogens is 330 g/mol. The van der Waals surface area contributed by atoms with Gasteiger partial charge in [-0.15, -0.1) is 0 Å². The van der Waals surface area contributed by atoms with Crippen molar-refractivity contribution in [2.24, 2.45) is 0 Å². The number of hydrogen-bond donors (Lipinski definition) is 1. The molecule has 6 heteroatoms. The lowest BCUT2D eigenvalue weighted by atomic mass is 10.1. The van der Waals surface area contributed by atoms with Crippen LogP contribution in [0.4, 0.5) is 5.69 Å². The molecule has 1 amide bonds. The highest BCUT2D eigenvalue weighted by atomic mass is 35.5. The van der Waals surface area contributed by atoms with E-state index < -0.39 is 5.63 Å². The topological polar surface area (TPSA) is 68.5 Å². The van der Waals surface area contributed by atoms with E-state index in [4.69, 9.17) is 20.8 Å². The Morgan fingerprint density at radius 2 is 1.92 bits per heavy atom. The van der Waals surface area contributed by atoms with Crippen molar-refractivity contribution < 1.29 is 13.9 Å². The normalized spacial score (nSPS) is 10.6. The number of fused-ring (bicyclic) bond motifs is 1. The van der Waals surface area contributed by atoms with Crippen molar-refractivity contribution in [2.75, 3.05) is 5.32 Å². The fourth-order valence-corrected chi connectivity index (χ4v) is 2.48. The summed E-state index contributed by atoms with van der Waals surface area (Å²) in [4.78, 5) is 22.7. The molecule has 122 valence electrons. The molecule has 3 aromatic rings. The molecule has 0 fully saturated rings. The number of carbonyl (C=O) groups excluding carboxylic acids is 1. The van der Waals surface area contributed by atoms with Crippen molar-refractivity contribution in [1.29, 1.82) is 0 Å². The Labute approximate surface area is 142 Å². The van der Waals surface area contributed by atoms with E-state index in [-0.39, 0.29) is 12.5 Å². The molecule has 0 saturated heterocycles. The van der Waals surface area contributed by atoms with Crippen molar-refractivity contribution in [1.82, 2.24) is 0 Å². The molecule has 5 nitrogen and oxygen atoms in total. The smallest absolute Gasteiger partial charge is 0.336 e. The summed E-state index contributed by atoms with van der Waals surface area (Å²) in [5, 5.41) is 3.95. The van der Waals surface area contributed by atoms with Gasteiger partial charge in [0, 0.05) is 40.7 Å². The molecule has 3 rings (SSSR count). The van der Waals surface area contributed by atoms with Crippen molar-refractivity contribution in [3.63, 3.8) is 0 Å². The van der Waals surface area contributed by atoms with Crippen LogP contribution in [-0.2, 0) is 11.4 Å². The van der Waals surface area contributed by atoms with Crippen LogP contribution in [-0.4, -0.2) is 5.91 Å². The number of benzene rings is 2. The molecule has 0 bridgehead atoms. The van der Waals surface area contributed by atoms with Gasteiger partial charge in [0.2, 0.25) is 5.91 Å². The standard InChI is InChI=1S/C18H14ClNO4/c1-11(21)20-14-3-5-15(6-4-14)23-10-12-8-18(22)24-17-9-13(19)2-7-16(12)17/h2-9H,10H2,1H3,(H,20,21). The fraction of sp³-hybridized carbons (Fsp3) is 0.111. The zero-order valence-electron chi connectivity index (χ0n) is 12.8. The Bertz CT molecular complexity index is 947. The second-order valence-electron chi connectivity index (χ2n) is 5.23. The number of carbonyl (C=O) groups is 1. The third-order valence-electron chi connectivity index (χ3n) is 3.36. The van der Waals surface area contributed by atoms with Gasteiger partial charge in [-0.1, -0.05) is 11.6 Å². The van der Waals surface area contributed by atoms with Crippen LogP contribution in [0.5, 0.6) is 5.75 Å². The highest BCUT2D eigenvalue weighted by Crippen LogP contribution is 2.23. The Morgan fingerprint density at radius 3 is 2.62 bits per heavy atom. The van der Waals surface area contributed by atoms with Crippen LogP contribution in [0.1, 0.15) is 12.5 Å². The molecule has 0 aliphatic rings. The molecule has 0 aliphatic heterocycles. The molecule has 0 radical (unpaired) electrons. The predicted octanol–water partition coefficient (Wildman–Crippen LogP) is 3.98. The predicted molar refractivity (Wildman–Crippen MR) is 92.6 cm³/mol. The molecule has 0 atom stereocenters. The lowest BCUT2D eigenvalue weighted by Crippen LogP contribution is -2.06. The van der Waals surface area contributed by atoms with E-state index in [1.807, 2.05) is 0 Å². The molecular formula is C18H14ClNO4. The third kappa shape index (κ3) is 3.75.